The Kier molecular flexibility index (Phi) is 5.32. The summed E-state index contributed by atoms with van der Waals surface area (Å²) in [5, 5.41) is 18.8. The third-order valence-corrected chi connectivity index (χ3v) is 5.28. The first-order valence-electron chi connectivity index (χ1n) is 8.02. The first-order valence-corrected chi connectivity index (χ1v) is 8.02. The van der Waals surface area contributed by atoms with Gasteiger partial charge in [-0.05, 0) is 36.9 Å². The van der Waals surface area contributed by atoms with Gasteiger partial charge in [-0.25, -0.2) is 0 Å². The first kappa shape index (κ1) is 18.5. The van der Waals surface area contributed by atoms with Crippen LogP contribution in [0, 0.1) is 17.8 Å². The fraction of sp³-hybridized carbons (Fsp3) is 0.929. The molecule has 0 aromatic carbocycles. The number of carbonyl (C=O) groups is 1. The molecule has 1 heterocycles. The number of carboxylic acids is 1. The SMILES string of the molecule is CB(O)CCCC1C2CN(CC(F)(F)F)CC2CC1(N)C(=O)O. The van der Waals surface area contributed by atoms with Crippen LogP contribution in [0.4, 0.5) is 13.2 Å². The maximum absolute atomic E-state index is 12.6. The maximum Gasteiger partial charge on any atom is 0.401 e. The van der Waals surface area contributed by atoms with Gasteiger partial charge in [-0.15, -0.1) is 0 Å². The lowest BCUT2D eigenvalue weighted by Crippen LogP contribution is -2.53. The standard InChI is InChI=1S/C14H24BF3N2O3/c1-15(23)4-2-3-11-10-7-20(8-14(16,17)18)6-9(10)5-13(11,19)12(21)22/h9-11,23H,2-8,19H2,1H3,(H,21,22). The van der Waals surface area contributed by atoms with Crippen LogP contribution in [-0.4, -0.2) is 59.3 Å². The second-order valence-corrected chi connectivity index (χ2v) is 7.17. The van der Waals surface area contributed by atoms with Crippen molar-refractivity contribution in [2.24, 2.45) is 23.5 Å². The number of hydrogen-bond donors (Lipinski definition) is 3. The predicted molar refractivity (Wildman–Crippen MR) is 80.0 cm³/mol. The molecule has 1 aliphatic heterocycles. The summed E-state index contributed by atoms with van der Waals surface area (Å²) in [4.78, 5) is 13.0. The Morgan fingerprint density at radius 2 is 2.09 bits per heavy atom. The van der Waals surface area contributed by atoms with E-state index in [9.17, 15) is 28.1 Å². The molecule has 0 bridgehead atoms. The fourth-order valence-electron chi connectivity index (χ4n) is 4.36. The second kappa shape index (κ2) is 6.60. The van der Waals surface area contributed by atoms with E-state index < -0.39 is 31.1 Å². The van der Waals surface area contributed by atoms with Gasteiger partial charge in [-0.2, -0.15) is 13.2 Å². The van der Waals surface area contributed by atoms with Gasteiger partial charge in [0, 0.05) is 13.1 Å². The molecule has 2 fully saturated rings. The molecule has 0 amide bonds. The van der Waals surface area contributed by atoms with Gasteiger partial charge in [0.2, 0.25) is 0 Å². The molecule has 0 radical (unpaired) electrons. The molecule has 2 aliphatic rings. The van der Waals surface area contributed by atoms with Crippen molar-refractivity contribution in [2.75, 3.05) is 19.6 Å². The third kappa shape index (κ3) is 4.19. The van der Waals surface area contributed by atoms with Crippen molar-refractivity contribution < 1.29 is 28.1 Å². The highest BCUT2D eigenvalue weighted by molar-refractivity contribution is 6.48. The highest BCUT2D eigenvalue weighted by atomic mass is 19.4. The normalized spacial score (nSPS) is 34.6. The summed E-state index contributed by atoms with van der Waals surface area (Å²) in [7, 11) is 0. The summed E-state index contributed by atoms with van der Waals surface area (Å²) in [5.74, 6) is -1.64. The molecule has 23 heavy (non-hydrogen) atoms. The number of likely N-dealkylation sites (tertiary alicyclic amines) is 1. The highest BCUT2D eigenvalue weighted by Gasteiger charge is 2.58. The molecule has 4 atom stereocenters. The van der Waals surface area contributed by atoms with E-state index in [1.165, 1.54) is 4.90 Å². The van der Waals surface area contributed by atoms with E-state index in [0.29, 0.717) is 19.2 Å². The summed E-state index contributed by atoms with van der Waals surface area (Å²) >= 11 is 0. The zero-order valence-corrected chi connectivity index (χ0v) is 13.2. The zero-order chi connectivity index (χ0) is 17.4. The summed E-state index contributed by atoms with van der Waals surface area (Å²) in [6, 6.07) is 0. The molecule has 1 saturated carbocycles. The molecule has 9 heteroatoms. The number of nitrogens with two attached hydrogens (primary N) is 1. The topological polar surface area (TPSA) is 86.8 Å². The van der Waals surface area contributed by atoms with Crippen molar-refractivity contribution in [3.8, 4) is 0 Å². The lowest BCUT2D eigenvalue weighted by Gasteiger charge is -2.31. The number of carboxylic acid groups (broad SMARTS) is 1. The molecular weight excluding hydrogens is 312 g/mol. The molecule has 1 aliphatic carbocycles. The molecule has 0 spiro atoms. The van der Waals surface area contributed by atoms with Crippen LogP contribution in [0.5, 0.6) is 0 Å². The molecule has 132 valence electrons. The molecule has 0 aromatic heterocycles. The van der Waals surface area contributed by atoms with Gasteiger partial charge in [-0.3, -0.25) is 9.69 Å². The fourth-order valence-corrected chi connectivity index (χ4v) is 4.36. The van der Waals surface area contributed by atoms with E-state index in [2.05, 4.69) is 0 Å². The Balaban J connectivity index is 2.06. The average Bonchev–Trinajstić information content (AvgIpc) is 2.83. The van der Waals surface area contributed by atoms with E-state index >= 15 is 0 Å². The van der Waals surface area contributed by atoms with E-state index in [1.54, 1.807) is 6.82 Å². The number of fused-ring (bicyclic) bond motifs is 1. The van der Waals surface area contributed by atoms with Crippen molar-refractivity contribution >= 4 is 12.9 Å². The smallest absolute Gasteiger partial charge is 0.401 e. The minimum atomic E-state index is -4.24. The summed E-state index contributed by atoms with van der Waals surface area (Å²) in [6.07, 6.45) is -2.34. The van der Waals surface area contributed by atoms with Gasteiger partial charge in [-0.1, -0.05) is 13.2 Å². The van der Waals surface area contributed by atoms with Crippen molar-refractivity contribution in [1.29, 1.82) is 0 Å². The number of nitrogens with zero attached hydrogens (tertiary/aromatic N) is 1. The van der Waals surface area contributed by atoms with Gasteiger partial charge >= 0.3 is 12.1 Å². The summed E-state index contributed by atoms with van der Waals surface area (Å²) in [5.41, 5.74) is 4.76. The van der Waals surface area contributed by atoms with E-state index in [4.69, 9.17) is 5.73 Å². The predicted octanol–water partition coefficient (Wildman–Crippen LogP) is 1.29. The number of aliphatic carboxylic acids is 1. The van der Waals surface area contributed by atoms with Crippen LogP contribution in [-0.2, 0) is 4.79 Å². The molecule has 4 unspecified atom stereocenters. The zero-order valence-electron chi connectivity index (χ0n) is 13.2. The van der Waals surface area contributed by atoms with Crippen LogP contribution in [0.1, 0.15) is 19.3 Å². The summed E-state index contributed by atoms with van der Waals surface area (Å²) in [6.45, 7) is 0.726. The van der Waals surface area contributed by atoms with E-state index in [0.717, 1.165) is 0 Å². The van der Waals surface area contributed by atoms with Crippen molar-refractivity contribution in [2.45, 2.75) is 44.1 Å². The molecular formula is C14H24BF3N2O3. The average molecular weight is 336 g/mol. The first-order chi connectivity index (χ1) is 10.5. The van der Waals surface area contributed by atoms with E-state index in [1.807, 2.05) is 0 Å². The maximum atomic E-state index is 12.6. The minimum absolute atomic E-state index is 0.102. The number of rotatable bonds is 6. The van der Waals surface area contributed by atoms with Crippen LogP contribution in [0.15, 0.2) is 0 Å². The van der Waals surface area contributed by atoms with Crippen LogP contribution >= 0.6 is 0 Å². The molecule has 4 N–H and O–H groups in total. The number of halogens is 3. The molecule has 5 nitrogen and oxygen atoms in total. The largest absolute Gasteiger partial charge is 0.480 e. The monoisotopic (exact) mass is 336 g/mol. The summed E-state index contributed by atoms with van der Waals surface area (Å²) < 4.78 is 37.7. The van der Waals surface area contributed by atoms with Crippen LogP contribution in [0.2, 0.25) is 13.1 Å². The Morgan fingerprint density at radius 3 is 2.61 bits per heavy atom. The quantitative estimate of drug-likeness (QED) is 0.637. The lowest BCUT2D eigenvalue weighted by atomic mass is 9.65. The van der Waals surface area contributed by atoms with Gasteiger partial charge in [0.15, 0.2) is 0 Å². The molecule has 0 aromatic rings. The second-order valence-electron chi connectivity index (χ2n) is 7.17. The van der Waals surface area contributed by atoms with Crippen LogP contribution in [0.25, 0.3) is 0 Å². The highest BCUT2D eigenvalue weighted by Crippen LogP contribution is 2.49. The van der Waals surface area contributed by atoms with Crippen molar-refractivity contribution in [1.82, 2.24) is 4.90 Å². The minimum Gasteiger partial charge on any atom is -0.480 e. The Bertz CT molecular complexity index is 449. The molecule has 1 saturated heterocycles. The Morgan fingerprint density at radius 1 is 1.43 bits per heavy atom. The van der Waals surface area contributed by atoms with Gasteiger partial charge in [0.1, 0.15) is 5.54 Å². The Labute approximate surface area is 134 Å². The van der Waals surface area contributed by atoms with Crippen LogP contribution in [0.3, 0.4) is 0 Å². The van der Waals surface area contributed by atoms with E-state index in [-0.39, 0.29) is 37.3 Å². The van der Waals surface area contributed by atoms with Crippen molar-refractivity contribution in [3.63, 3.8) is 0 Å². The van der Waals surface area contributed by atoms with Gasteiger partial charge in [0.05, 0.1) is 6.54 Å². The third-order valence-electron chi connectivity index (χ3n) is 5.28. The van der Waals surface area contributed by atoms with Crippen LogP contribution < -0.4 is 5.73 Å². The molecule has 2 rings (SSSR count). The van der Waals surface area contributed by atoms with Crippen molar-refractivity contribution in [3.05, 3.63) is 0 Å². The number of hydrogen-bond acceptors (Lipinski definition) is 4. The van der Waals surface area contributed by atoms with Gasteiger partial charge < -0.3 is 15.9 Å². The number of alkyl halides is 3. The lowest BCUT2D eigenvalue weighted by molar-refractivity contribution is -0.148. The Hall–Kier alpha value is -0.795. The van der Waals surface area contributed by atoms with Gasteiger partial charge in [0.25, 0.3) is 6.92 Å².